The van der Waals surface area contributed by atoms with Gasteiger partial charge in [0.15, 0.2) is 0 Å². The maximum Gasteiger partial charge on any atom is 0.139 e. The molecular weight excluding hydrogens is 120 g/mol. The number of allylic oxidation sites excluding steroid dienone is 1. The highest BCUT2D eigenvalue weighted by Gasteiger charge is 2.14. The van der Waals surface area contributed by atoms with Crippen LogP contribution in [0.15, 0.2) is 12.2 Å². The molecule has 0 saturated carbocycles. The van der Waals surface area contributed by atoms with Crippen LogP contribution < -0.4 is 0 Å². The monoisotopic (exact) mass is 128 g/mol. The Morgan fingerprint density at radius 1 is 1.78 bits per heavy atom. The van der Waals surface area contributed by atoms with Gasteiger partial charge in [0.2, 0.25) is 0 Å². The summed E-state index contributed by atoms with van der Waals surface area (Å²) < 4.78 is 0. The lowest BCUT2D eigenvalue weighted by molar-refractivity contribution is -0.266. The largest absolute Gasteiger partial charge is 0.299 e. The van der Waals surface area contributed by atoms with Gasteiger partial charge in [-0.3, -0.25) is 10.1 Å². The normalized spacial score (nSPS) is 26.8. The van der Waals surface area contributed by atoms with E-state index in [-0.39, 0.29) is 5.78 Å². The Bertz CT molecular complexity index is 139. The van der Waals surface area contributed by atoms with Gasteiger partial charge in [-0.2, -0.15) is 0 Å². The second-order valence-electron chi connectivity index (χ2n) is 2.02. The topological polar surface area (TPSA) is 46.5 Å². The molecule has 0 aromatic carbocycles. The third kappa shape index (κ3) is 1.62. The summed E-state index contributed by atoms with van der Waals surface area (Å²) in [5, 5.41) is 8.11. The molecule has 0 spiro atoms. The molecule has 1 aliphatic rings. The zero-order chi connectivity index (χ0) is 6.69. The molecular formula is C6H8O3. The van der Waals surface area contributed by atoms with Crippen molar-refractivity contribution in [2.24, 2.45) is 0 Å². The Morgan fingerprint density at radius 3 is 3.00 bits per heavy atom. The van der Waals surface area contributed by atoms with Crippen molar-refractivity contribution in [2.45, 2.75) is 18.9 Å². The average Bonchev–Trinajstić information content (AvgIpc) is 1.88. The minimum absolute atomic E-state index is 0.108. The first-order valence-corrected chi connectivity index (χ1v) is 2.81. The SMILES string of the molecule is O=C1CC=CC(OO)C1. The molecule has 3 nitrogen and oxygen atoms in total. The van der Waals surface area contributed by atoms with Crippen molar-refractivity contribution in [2.75, 3.05) is 0 Å². The first kappa shape index (κ1) is 6.45. The van der Waals surface area contributed by atoms with Gasteiger partial charge in [0.1, 0.15) is 11.9 Å². The Hall–Kier alpha value is -0.670. The third-order valence-electron chi connectivity index (χ3n) is 1.26. The zero-order valence-corrected chi connectivity index (χ0v) is 4.91. The lowest BCUT2D eigenvalue weighted by Crippen LogP contribution is -2.16. The van der Waals surface area contributed by atoms with Crippen molar-refractivity contribution in [3.63, 3.8) is 0 Å². The molecule has 1 atom stereocenters. The fourth-order valence-electron chi connectivity index (χ4n) is 0.799. The maximum absolute atomic E-state index is 10.6. The highest BCUT2D eigenvalue weighted by atomic mass is 17.1. The van der Waals surface area contributed by atoms with Crippen molar-refractivity contribution in [3.8, 4) is 0 Å². The molecule has 3 heteroatoms. The number of Topliss-reactive ketones (excluding diaryl/α,β-unsaturated/α-hetero) is 1. The van der Waals surface area contributed by atoms with E-state index in [2.05, 4.69) is 4.89 Å². The standard InChI is InChI=1S/C6H8O3/c7-5-2-1-3-6(4-5)9-8/h1,3,6,8H,2,4H2. The first-order chi connectivity index (χ1) is 4.33. The van der Waals surface area contributed by atoms with Crippen LogP contribution in [0, 0.1) is 0 Å². The Balaban J connectivity index is 2.49. The minimum atomic E-state index is -0.411. The van der Waals surface area contributed by atoms with Gasteiger partial charge >= 0.3 is 0 Å². The van der Waals surface area contributed by atoms with E-state index >= 15 is 0 Å². The quantitative estimate of drug-likeness (QED) is 0.322. The third-order valence-corrected chi connectivity index (χ3v) is 1.26. The van der Waals surface area contributed by atoms with E-state index in [4.69, 9.17) is 5.26 Å². The lowest BCUT2D eigenvalue weighted by atomic mass is 10.0. The molecule has 0 aromatic heterocycles. The Labute approximate surface area is 52.9 Å². The van der Waals surface area contributed by atoms with E-state index in [1.165, 1.54) is 0 Å². The molecule has 1 aliphatic carbocycles. The fourth-order valence-corrected chi connectivity index (χ4v) is 0.799. The predicted octanol–water partition coefficient (Wildman–Crippen LogP) is 0.764. The van der Waals surface area contributed by atoms with Crippen molar-refractivity contribution < 1.29 is 14.9 Å². The molecule has 0 saturated heterocycles. The predicted molar refractivity (Wildman–Crippen MR) is 30.9 cm³/mol. The Morgan fingerprint density at radius 2 is 2.56 bits per heavy atom. The molecule has 0 radical (unpaired) electrons. The fraction of sp³-hybridized carbons (Fsp3) is 0.500. The van der Waals surface area contributed by atoms with Crippen LogP contribution >= 0.6 is 0 Å². The molecule has 0 heterocycles. The van der Waals surface area contributed by atoms with E-state index in [0.29, 0.717) is 12.8 Å². The highest BCUT2D eigenvalue weighted by molar-refractivity contribution is 5.81. The zero-order valence-electron chi connectivity index (χ0n) is 4.91. The summed E-state index contributed by atoms with van der Waals surface area (Å²) in [5.41, 5.74) is 0. The summed E-state index contributed by atoms with van der Waals surface area (Å²) >= 11 is 0. The maximum atomic E-state index is 10.6. The summed E-state index contributed by atoms with van der Waals surface area (Å²) in [5.74, 6) is 0.108. The molecule has 0 fully saturated rings. The summed E-state index contributed by atoms with van der Waals surface area (Å²) in [7, 11) is 0. The first-order valence-electron chi connectivity index (χ1n) is 2.81. The van der Waals surface area contributed by atoms with Crippen molar-refractivity contribution in [1.29, 1.82) is 0 Å². The number of ketones is 1. The van der Waals surface area contributed by atoms with Crippen LogP contribution in [-0.4, -0.2) is 17.1 Å². The van der Waals surface area contributed by atoms with E-state index in [1.54, 1.807) is 12.2 Å². The molecule has 1 N–H and O–H groups in total. The Kier molecular flexibility index (Phi) is 1.97. The van der Waals surface area contributed by atoms with Crippen molar-refractivity contribution in [1.82, 2.24) is 0 Å². The van der Waals surface area contributed by atoms with Crippen LogP contribution in [0.5, 0.6) is 0 Å². The van der Waals surface area contributed by atoms with Crippen LogP contribution in [0.1, 0.15) is 12.8 Å². The summed E-state index contributed by atoms with van der Waals surface area (Å²) in [6.07, 6.45) is 3.74. The van der Waals surface area contributed by atoms with Crippen molar-refractivity contribution >= 4 is 5.78 Å². The molecule has 1 unspecified atom stereocenters. The smallest absolute Gasteiger partial charge is 0.139 e. The molecule has 50 valence electrons. The van der Waals surface area contributed by atoms with Crippen LogP contribution in [0.25, 0.3) is 0 Å². The number of hydrogen-bond acceptors (Lipinski definition) is 3. The van der Waals surface area contributed by atoms with Gasteiger partial charge in [0, 0.05) is 12.8 Å². The van der Waals surface area contributed by atoms with Gasteiger partial charge in [-0.05, 0) is 0 Å². The van der Waals surface area contributed by atoms with E-state index < -0.39 is 6.10 Å². The minimum Gasteiger partial charge on any atom is -0.299 e. The van der Waals surface area contributed by atoms with E-state index in [1.807, 2.05) is 0 Å². The molecule has 1 rings (SSSR count). The van der Waals surface area contributed by atoms with Gasteiger partial charge in [0.25, 0.3) is 0 Å². The van der Waals surface area contributed by atoms with Gasteiger partial charge in [-0.25, -0.2) is 4.89 Å². The van der Waals surface area contributed by atoms with Crippen molar-refractivity contribution in [3.05, 3.63) is 12.2 Å². The highest BCUT2D eigenvalue weighted by Crippen LogP contribution is 2.08. The molecule has 0 bridgehead atoms. The summed E-state index contributed by atoms with van der Waals surface area (Å²) in [6, 6.07) is 0. The molecule has 0 amide bonds. The second kappa shape index (κ2) is 2.75. The summed E-state index contributed by atoms with van der Waals surface area (Å²) in [4.78, 5) is 14.5. The lowest BCUT2D eigenvalue weighted by Gasteiger charge is -2.10. The van der Waals surface area contributed by atoms with E-state index in [0.717, 1.165) is 0 Å². The molecule has 0 aliphatic heterocycles. The summed E-state index contributed by atoms with van der Waals surface area (Å²) in [6.45, 7) is 0. The average molecular weight is 128 g/mol. The number of rotatable bonds is 1. The van der Waals surface area contributed by atoms with Crippen LogP contribution in [-0.2, 0) is 9.68 Å². The second-order valence-corrected chi connectivity index (χ2v) is 2.02. The van der Waals surface area contributed by atoms with Crippen LogP contribution in [0.3, 0.4) is 0 Å². The van der Waals surface area contributed by atoms with E-state index in [9.17, 15) is 4.79 Å². The van der Waals surface area contributed by atoms with Crippen LogP contribution in [0.4, 0.5) is 0 Å². The number of carbonyl (C=O) groups excluding carboxylic acids is 1. The number of carbonyl (C=O) groups is 1. The molecule has 0 aromatic rings. The number of hydrogen-bond donors (Lipinski definition) is 1. The van der Waals surface area contributed by atoms with Gasteiger partial charge < -0.3 is 0 Å². The van der Waals surface area contributed by atoms with Crippen LogP contribution in [0.2, 0.25) is 0 Å². The van der Waals surface area contributed by atoms with Gasteiger partial charge in [-0.1, -0.05) is 12.2 Å². The van der Waals surface area contributed by atoms with Gasteiger partial charge in [-0.15, -0.1) is 0 Å². The molecule has 9 heavy (non-hydrogen) atoms. The van der Waals surface area contributed by atoms with Gasteiger partial charge in [0.05, 0.1) is 0 Å².